The van der Waals surface area contributed by atoms with Crippen molar-refractivity contribution in [2.24, 2.45) is 17.8 Å². The van der Waals surface area contributed by atoms with Gasteiger partial charge in [-0.15, -0.1) is 0 Å². The molecule has 3 rings (SSSR count). The van der Waals surface area contributed by atoms with Gasteiger partial charge in [-0.25, -0.2) is 8.42 Å². The summed E-state index contributed by atoms with van der Waals surface area (Å²) in [7, 11) is -2.71. The maximum absolute atomic E-state index is 11.6. The van der Waals surface area contributed by atoms with E-state index in [2.05, 4.69) is 5.32 Å². The lowest BCUT2D eigenvalue weighted by Gasteiger charge is -2.37. The third kappa shape index (κ3) is 2.84. The Balaban J connectivity index is 1.60. The predicted octanol–water partition coefficient (Wildman–Crippen LogP) is 1.59. The van der Waals surface area contributed by atoms with E-state index >= 15 is 0 Å². The summed E-state index contributed by atoms with van der Waals surface area (Å²) in [5.74, 6) is 2.77. The van der Waals surface area contributed by atoms with Crippen molar-refractivity contribution >= 4 is 9.84 Å². The SMILES string of the molecule is O=S1(=O)CCC(C(CNC2CC2)C2CCC2)C1. The number of sulfone groups is 1. The smallest absolute Gasteiger partial charge is 0.150 e. The molecule has 1 saturated heterocycles. The van der Waals surface area contributed by atoms with E-state index in [1.54, 1.807) is 0 Å². The fourth-order valence-electron chi connectivity index (χ4n) is 3.34. The van der Waals surface area contributed by atoms with E-state index in [0.717, 1.165) is 24.9 Å². The summed E-state index contributed by atoms with van der Waals surface area (Å²) in [4.78, 5) is 0. The Hall–Kier alpha value is -0.0900. The van der Waals surface area contributed by atoms with Crippen LogP contribution in [-0.4, -0.2) is 32.5 Å². The molecule has 1 heterocycles. The molecule has 2 saturated carbocycles. The Morgan fingerprint density at radius 1 is 1.06 bits per heavy atom. The van der Waals surface area contributed by atoms with Crippen molar-refractivity contribution in [3.05, 3.63) is 0 Å². The van der Waals surface area contributed by atoms with E-state index in [9.17, 15) is 8.42 Å². The normalized spacial score (nSPS) is 34.5. The molecule has 0 spiro atoms. The van der Waals surface area contributed by atoms with Crippen LogP contribution in [0.3, 0.4) is 0 Å². The van der Waals surface area contributed by atoms with E-state index in [1.165, 1.54) is 32.1 Å². The van der Waals surface area contributed by atoms with Crippen molar-refractivity contribution < 1.29 is 8.42 Å². The molecule has 3 aliphatic rings. The molecule has 1 aliphatic heterocycles. The summed E-state index contributed by atoms with van der Waals surface area (Å²) in [5, 5.41) is 3.62. The van der Waals surface area contributed by atoms with Crippen molar-refractivity contribution in [2.75, 3.05) is 18.1 Å². The van der Waals surface area contributed by atoms with Gasteiger partial charge in [0.2, 0.25) is 0 Å². The van der Waals surface area contributed by atoms with Gasteiger partial charge in [-0.1, -0.05) is 19.3 Å². The van der Waals surface area contributed by atoms with Crippen LogP contribution in [0.4, 0.5) is 0 Å². The van der Waals surface area contributed by atoms with Crippen LogP contribution < -0.4 is 5.32 Å². The summed E-state index contributed by atoms with van der Waals surface area (Å²) in [5.41, 5.74) is 0. The molecule has 3 fully saturated rings. The van der Waals surface area contributed by atoms with Crippen LogP contribution in [-0.2, 0) is 9.84 Å². The van der Waals surface area contributed by atoms with Gasteiger partial charge in [-0.3, -0.25) is 0 Å². The Kier molecular flexibility index (Phi) is 3.20. The summed E-state index contributed by atoms with van der Waals surface area (Å²) in [6.07, 6.45) is 7.56. The van der Waals surface area contributed by atoms with E-state index in [1.807, 2.05) is 0 Å². The average molecular weight is 257 g/mol. The Morgan fingerprint density at radius 3 is 2.29 bits per heavy atom. The molecule has 0 aromatic heterocycles. The molecular formula is C13H23NO2S. The van der Waals surface area contributed by atoms with Gasteiger partial charge >= 0.3 is 0 Å². The predicted molar refractivity (Wildman–Crippen MR) is 68.6 cm³/mol. The lowest BCUT2D eigenvalue weighted by molar-refractivity contribution is 0.150. The van der Waals surface area contributed by atoms with Gasteiger partial charge in [0.05, 0.1) is 11.5 Å². The first kappa shape index (κ1) is 12.0. The first-order valence-electron chi connectivity index (χ1n) is 7.08. The minimum atomic E-state index is -2.71. The second-order valence-electron chi connectivity index (χ2n) is 6.20. The third-order valence-electron chi connectivity index (χ3n) is 4.85. The van der Waals surface area contributed by atoms with Crippen molar-refractivity contribution in [2.45, 2.75) is 44.6 Å². The molecule has 2 atom stereocenters. The maximum atomic E-state index is 11.6. The highest BCUT2D eigenvalue weighted by molar-refractivity contribution is 7.91. The maximum Gasteiger partial charge on any atom is 0.150 e. The van der Waals surface area contributed by atoms with Crippen LogP contribution in [0.15, 0.2) is 0 Å². The van der Waals surface area contributed by atoms with Crippen molar-refractivity contribution in [3.63, 3.8) is 0 Å². The summed E-state index contributed by atoms with van der Waals surface area (Å²) in [6.45, 7) is 1.06. The van der Waals surface area contributed by atoms with Gasteiger partial charge in [0.15, 0.2) is 9.84 Å². The number of hydrogen-bond donors (Lipinski definition) is 1. The van der Waals surface area contributed by atoms with Crippen LogP contribution in [0.1, 0.15) is 38.5 Å². The molecular weight excluding hydrogens is 234 g/mol. The summed E-state index contributed by atoms with van der Waals surface area (Å²) < 4.78 is 23.2. The molecule has 4 heteroatoms. The minimum Gasteiger partial charge on any atom is -0.314 e. The van der Waals surface area contributed by atoms with Crippen molar-refractivity contribution in [1.82, 2.24) is 5.32 Å². The van der Waals surface area contributed by atoms with E-state index < -0.39 is 9.84 Å². The largest absolute Gasteiger partial charge is 0.314 e. The van der Waals surface area contributed by atoms with Gasteiger partial charge in [-0.2, -0.15) is 0 Å². The number of rotatable bonds is 5. The van der Waals surface area contributed by atoms with E-state index in [-0.39, 0.29) is 0 Å². The standard InChI is InChI=1S/C13H23NO2S/c15-17(16)7-6-11(9-17)13(10-2-1-3-10)8-14-12-4-5-12/h10-14H,1-9H2. The van der Waals surface area contributed by atoms with Crippen LogP contribution in [0.25, 0.3) is 0 Å². The summed E-state index contributed by atoms with van der Waals surface area (Å²) >= 11 is 0. The molecule has 1 N–H and O–H groups in total. The summed E-state index contributed by atoms with van der Waals surface area (Å²) in [6, 6.07) is 0.746. The molecule has 0 aromatic rings. The number of hydrogen-bond acceptors (Lipinski definition) is 3. The molecule has 3 nitrogen and oxygen atoms in total. The lowest BCUT2D eigenvalue weighted by Crippen LogP contribution is -2.38. The Morgan fingerprint density at radius 2 is 1.82 bits per heavy atom. The minimum absolute atomic E-state index is 0.435. The van der Waals surface area contributed by atoms with Crippen LogP contribution in [0, 0.1) is 17.8 Å². The highest BCUT2D eigenvalue weighted by Crippen LogP contribution is 2.40. The van der Waals surface area contributed by atoms with Crippen LogP contribution in [0.5, 0.6) is 0 Å². The quantitative estimate of drug-likeness (QED) is 0.813. The van der Waals surface area contributed by atoms with Gasteiger partial charge in [-0.05, 0) is 43.6 Å². The Bertz CT molecular complexity index is 371. The van der Waals surface area contributed by atoms with E-state index in [4.69, 9.17) is 0 Å². The highest BCUT2D eigenvalue weighted by atomic mass is 32.2. The second-order valence-corrected chi connectivity index (χ2v) is 8.43. The number of nitrogens with one attached hydrogen (secondary N) is 1. The van der Waals surface area contributed by atoms with Gasteiger partial charge in [0, 0.05) is 6.04 Å². The average Bonchev–Trinajstić information content (AvgIpc) is 2.94. The molecule has 2 unspecified atom stereocenters. The lowest BCUT2D eigenvalue weighted by atomic mass is 9.70. The first-order chi connectivity index (χ1) is 8.14. The zero-order valence-corrected chi connectivity index (χ0v) is 11.2. The van der Waals surface area contributed by atoms with E-state index in [0.29, 0.717) is 23.3 Å². The zero-order valence-electron chi connectivity index (χ0n) is 10.4. The monoisotopic (exact) mass is 257 g/mol. The molecule has 0 amide bonds. The molecule has 98 valence electrons. The fourth-order valence-corrected chi connectivity index (χ4v) is 5.23. The van der Waals surface area contributed by atoms with Crippen LogP contribution in [0.2, 0.25) is 0 Å². The molecule has 0 bridgehead atoms. The van der Waals surface area contributed by atoms with Crippen molar-refractivity contribution in [3.8, 4) is 0 Å². The molecule has 17 heavy (non-hydrogen) atoms. The topological polar surface area (TPSA) is 46.2 Å². The van der Waals surface area contributed by atoms with Gasteiger partial charge < -0.3 is 5.32 Å². The second kappa shape index (κ2) is 4.54. The fraction of sp³-hybridized carbons (Fsp3) is 1.00. The molecule has 2 aliphatic carbocycles. The van der Waals surface area contributed by atoms with Crippen LogP contribution >= 0.6 is 0 Å². The first-order valence-corrected chi connectivity index (χ1v) is 8.90. The Labute approximate surface area is 104 Å². The van der Waals surface area contributed by atoms with Crippen molar-refractivity contribution in [1.29, 1.82) is 0 Å². The van der Waals surface area contributed by atoms with Gasteiger partial charge in [0.1, 0.15) is 0 Å². The zero-order chi connectivity index (χ0) is 11.9. The molecule has 0 radical (unpaired) electrons. The van der Waals surface area contributed by atoms with Gasteiger partial charge in [0.25, 0.3) is 0 Å². The highest BCUT2D eigenvalue weighted by Gasteiger charge is 2.39. The third-order valence-corrected chi connectivity index (χ3v) is 6.64. The molecule has 0 aromatic carbocycles.